The fourth-order valence-electron chi connectivity index (χ4n) is 2.07. The Kier molecular flexibility index (Phi) is 3.51. The lowest BCUT2D eigenvalue weighted by Crippen LogP contribution is -2.15. The number of hydrogen-bond donors (Lipinski definition) is 1. The van der Waals surface area contributed by atoms with Gasteiger partial charge in [0.15, 0.2) is 0 Å². The minimum Gasteiger partial charge on any atom is -0.450 e. The molecule has 0 radical (unpaired) electrons. The molecule has 0 atom stereocenters. The number of nitrogens with one attached hydrogen (secondary N) is 1. The van der Waals surface area contributed by atoms with Gasteiger partial charge in [-0.2, -0.15) is 0 Å². The number of benzene rings is 1. The third-order valence-corrected chi connectivity index (χ3v) is 2.95. The Morgan fingerprint density at radius 2 is 2.10 bits per heavy atom. The van der Waals surface area contributed by atoms with Crippen LogP contribution < -0.4 is 5.32 Å². The molecule has 3 aromatic rings. The molecule has 0 spiro atoms. The summed E-state index contributed by atoms with van der Waals surface area (Å²) in [6.45, 7) is 2.06. The zero-order chi connectivity index (χ0) is 14.7. The van der Waals surface area contributed by atoms with Crippen molar-refractivity contribution < 1.29 is 9.53 Å². The first kappa shape index (κ1) is 13.1. The summed E-state index contributed by atoms with van der Waals surface area (Å²) in [6.07, 6.45) is 2.94. The Labute approximate surface area is 121 Å². The van der Waals surface area contributed by atoms with E-state index in [-0.39, 0.29) is 0 Å². The fourth-order valence-corrected chi connectivity index (χ4v) is 2.07. The SMILES string of the molecule is CCOC(=O)Nc1c(-c2ccccc2)nc2ncccn12. The van der Waals surface area contributed by atoms with E-state index >= 15 is 0 Å². The molecule has 3 rings (SSSR count). The Morgan fingerprint density at radius 3 is 2.86 bits per heavy atom. The molecular weight excluding hydrogens is 268 g/mol. The van der Waals surface area contributed by atoms with Gasteiger partial charge in [-0.1, -0.05) is 30.3 Å². The summed E-state index contributed by atoms with van der Waals surface area (Å²) in [7, 11) is 0. The Hall–Kier alpha value is -2.89. The highest BCUT2D eigenvalue weighted by atomic mass is 16.5. The molecule has 6 nitrogen and oxygen atoms in total. The molecule has 2 heterocycles. The number of hydrogen-bond acceptors (Lipinski definition) is 4. The molecule has 0 unspecified atom stereocenters. The van der Waals surface area contributed by atoms with E-state index in [1.165, 1.54) is 0 Å². The third-order valence-electron chi connectivity index (χ3n) is 2.95. The molecule has 0 bridgehead atoms. The average Bonchev–Trinajstić information content (AvgIpc) is 2.87. The van der Waals surface area contributed by atoms with E-state index < -0.39 is 6.09 Å². The zero-order valence-corrected chi connectivity index (χ0v) is 11.5. The summed E-state index contributed by atoms with van der Waals surface area (Å²) < 4.78 is 6.66. The topological polar surface area (TPSA) is 68.5 Å². The van der Waals surface area contributed by atoms with E-state index in [1.807, 2.05) is 30.3 Å². The largest absolute Gasteiger partial charge is 0.450 e. The highest BCUT2D eigenvalue weighted by molar-refractivity contribution is 5.90. The van der Waals surface area contributed by atoms with Crippen molar-refractivity contribution >= 4 is 17.7 Å². The van der Waals surface area contributed by atoms with E-state index in [0.29, 0.717) is 23.9 Å². The molecular formula is C15H14N4O2. The predicted molar refractivity (Wildman–Crippen MR) is 79.1 cm³/mol. The number of anilines is 1. The van der Waals surface area contributed by atoms with Crippen molar-refractivity contribution in [2.45, 2.75) is 6.92 Å². The van der Waals surface area contributed by atoms with Gasteiger partial charge in [-0.25, -0.2) is 14.8 Å². The molecule has 6 heteroatoms. The van der Waals surface area contributed by atoms with E-state index in [4.69, 9.17) is 4.74 Å². The van der Waals surface area contributed by atoms with Crippen molar-refractivity contribution in [1.82, 2.24) is 14.4 Å². The molecule has 106 valence electrons. The van der Waals surface area contributed by atoms with Gasteiger partial charge in [-0.15, -0.1) is 0 Å². The van der Waals surface area contributed by atoms with Gasteiger partial charge in [0.1, 0.15) is 11.5 Å². The first-order chi connectivity index (χ1) is 10.3. The molecule has 0 aliphatic heterocycles. The van der Waals surface area contributed by atoms with Crippen LogP contribution in [-0.4, -0.2) is 27.1 Å². The van der Waals surface area contributed by atoms with Crippen molar-refractivity contribution in [1.29, 1.82) is 0 Å². The summed E-state index contributed by atoms with van der Waals surface area (Å²) >= 11 is 0. The smallest absolute Gasteiger partial charge is 0.412 e. The van der Waals surface area contributed by atoms with E-state index in [2.05, 4.69) is 15.3 Å². The first-order valence-corrected chi connectivity index (χ1v) is 6.62. The van der Waals surface area contributed by atoms with Gasteiger partial charge in [0.2, 0.25) is 5.78 Å². The molecule has 0 fully saturated rings. The quantitative estimate of drug-likeness (QED) is 0.802. The second-order valence-corrected chi connectivity index (χ2v) is 4.31. The number of nitrogens with zero attached hydrogens (tertiary/aromatic N) is 3. The zero-order valence-electron chi connectivity index (χ0n) is 11.5. The van der Waals surface area contributed by atoms with Crippen LogP contribution in [0.2, 0.25) is 0 Å². The van der Waals surface area contributed by atoms with Crippen LogP contribution in [0.3, 0.4) is 0 Å². The number of amides is 1. The molecule has 0 saturated carbocycles. The lowest BCUT2D eigenvalue weighted by atomic mass is 10.1. The van der Waals surface area contributed by atoms with Crippen LogP contribution in [0.1, 0.15) is 6.92 Å². The van der Waals surface area contributed by atoms with E-state index in [1.54, 1.807) is 29.8 Å². The molecule has 2 aromatic heterocycles. The summed E-state index contributed by atoms with van der Waals surface area (Å²) in [5.41, 5.74) is 1.55. The van der Waals surface area contributed by atoms with Crippen molar-refractivity contribution in [3.63, 3.8) is 0 Å². The predicted octanol–water partition coefficient (Wildman–Crippen LogP) is 2.96. The Morgan fingerprint density at radius 1 is 1.29 bits per heavy atom. The lowest BCUT2D eigenvalue weighted by molar-refractivity contribution is 0.168. The Balaban J connectivity index is 2.12. The number of rotatable bonds is 3. The van der Waals surface area contributed by atoms with E-state index in [9.17, 15) is 4.79 Å². The molecule has 0 aliphatic rings. The van der Waals surface area contributed by atoms with Gasteiger partial charge in [-0.05, 0) is 13.0 Å². The van der Waals surface area contributed by atoms with Gasteiger partial charge < -0.3 is 4.74 Å². The molecule has 0 saturated heterocycles. The second-order valence-electron chi connectivity index (χ2n) is 4.31. The minimum absolute atomic E-state index is 0.307. The van der Waals surface area contributed by atoms with Crippen LogP contribution in [0.15, 0.2) is 48.8 Å². The number of carbonyl (C=O) groups is 1. The first-order valence-electron chi connectivity index (χ1n) is 6.62. The van der Waals surface area contributed by atoms with Gasteiger partial charge in [0, 0.05) is 18.0 Å². The normalized spacial score (nSPS) is 10.5. The molecule has 1 amide bonds. The highest BCUT2D eigenvalue weighted by Crippen LogP contribution is 2.27. The minimum atomic E-state index is -0.514. The standard InChI is InChI=1S/C15H14N4O2/c1-2-21-15(20)18-13-12(11-7-4-3-5-8-11)17-14-16-9-6-10-19(13)14/h3-10H,2H2,1H3,(H,18,20). The van der Waals surface area contributed by atoms with Crippen LogP contribution in [-0.2, 0) is 4.74 Å². The second kappa shape index (κ2) is 5.62. The Bertz CT molecular complexity index is 768. The van der Waals surface area contributed by atoms with Crippen LogP contribution in [0, 0.1) is 0 Å². The molecule has 0 aliphatic carbocycles. The number of imidazole rings is 1. The monoisotopic (exact) mass is 282 g/mol. The van der Waals surface area contributed by atoms with Gasteiger partial charge >= 0.3 is 6.09 Å². The number of aromatic nitrogens is 3. The van der Waals surface area contributed by atoms with E-state index in [0.717, 1.165) is 5.56 Å². The van der Waals surface area contributed by atoms with Crippen molar-refractivity contribution in [3.05, 3.63) is 48.8 Å². The van der Waals surface area contributed by atoms with Crippen LogP contribution in [0.5, 0.6) is 0 Å². The van der Waals surface area contributed by atoms with Crippen LogP contribution in [0.25, 0.3) is 17.0 Å². The molecule has 21 heavy (non-hydrogen) atoms. The van der Waals surface area contributed by atoms with Crippen molar-refractivity contribution in [3.8, 4) is 11.3 Å². The van der Waals surface area contributed by atoms with Gasteiger partial charge in [-0.3, -0.25) is 9.72 Å². The summed E-state index contributed by atoms with van der Waals surface area (Å²) in [5, 5.41) is 2.73. The van der Waals surface area contributed by atoms with Crippen molar-refractivity contribution in [2.24, 2.45) is 0 Å². The van der Waals surface area contributed by atoms with Gasteiger partial charge in [0.25, 0.3) is 0 Å². The molecule has 1 N–H and O–H groups in total. The van der Waals surface area contributed by atoms with Crippen LogP contribution >= 0.6 is 0 Å². The summed E-state index contributed by atoms with van der Waals surface area (Å²) in [5.74, 6) is 1.06. The number of carbonyl (C=O) groups excluding carboxylic acids is 1. The van der Waals surface area contributed by atoms with Crippen molar-refractivity contribution in [2.75, 3.05) is 11.9 Å². The summed E-state index contributed by atoms with van der Waals surface area (Å²) in [4.78, 5) is 20.4. The molecule has 1 aromatic carbocycles. The third kappa shape index (κ3) is 2.55. The maximum absolute atomic E-state index is 11.7. The maximum Gasteiger partial charge on any atom is 0.412 e. The maximum atomic E-state index is 11.7. The van der Waals surface area contributed by atoms with Gasteiger partial charge in [0.05, 0.1) is 6.61 Å². The fraction of sp³-hybridized carbons (Fsp3) is 0.133. The van der Waals surface area contributed by atoms with Crippen LogP contribution in [0.4, 0.5) is 10.6 Å². The highest BCUT2D eigenvalue weighted by Gasteiger charge is 2.17. The average molecular weight is 282 g/mol. The lowest BCUT2D eigenvalue weighted by Gasteiger charge is -2.07. The summed E-state index contributed by atoms with van der Waals surface area (Å²) in [6, 6.07) is 11.4. The number of ether oxygens (including phenoxy) is 1. The number of fused-ring (bicyclic) bond motifs is 1.